The van der Waals surface area contributed by atoms with Crippen molar-refractivity contribution < 1.29 is 72.4 Å². The molecule has 1 atom stereocenters. The first-order valence-electron chi connectivity index (χ1n) is 20.6. The SMILES string of the molecule is CCCCC1C=C(C(C)(C)C)C=[C]1[Zr+2](=[C](c1cccc(C(F)(F)F)c1)c1cccc(C(F)(F)F)c1)[c]1c(-c2ccccc2)ccc2c1Cc1cc(-c3ccccc3)ccc1-2.[Cl-].[Cl-]. The molecule has 0 heterocycles. The summed E-state index contributed by atoms with van der Waals surface area (Å²) in [5.41, 5.74) is 8.45. The van der Waals surface area contributed by atoms with Crippen LogP contribution in [0.15, 0.2) is 161 Å². The molecule has 62 heavy (non-hydrogen) atoms. The van der Waals surface area contributed by atoms with Gasteiger partial charge in [-0.05, 0) is 0 Å². The topological polar surface area (TPSA) is 0 Å². The first-order chi connectivity index (χ1) is 28.6. The van der Waals surface area contributed by atoms with Gasteiger partial charge in [0.05, 0.1) is 0 Å². The third kappa shape index (κ3) is 9.61. The van der Waals surface area contributed by atoms with E-state index >= 15 is 0 Å². The second kappa shape index (κ2) is 18.8. The Morgan fingerprint density at radius 2 is 1.15 bits per heavy atom. The van der Waals surface area contributed by atoms with Crippen LogP contribution in [0.5, 0.6) is 0 Å². The van der Waals surface area contributed by atoms with Crippen LogP contribution >= 0.6 is 0 Å². The average Bonchev–Trinajstić information content (AvgIpc) is 3.84. The second-order valence-electron chi connectivity index (χ2n) is 16.9. The van der Waals surface area contributed by atoms with E-state index in [1.165, 1.54) is 15.4 Å². The van der Waals surface area contributed by atoms with Gasteiger partial charge in [0.25, 0.3) is 0 Å². The Labute approximate surface area is 380 Å². The fourth-order valence-electron chi connectivity index (χ4n) is 8.82. The quantitative estimate of drug-likeness (QED) is 0.127. The van der Waals surface area contributed by atoms with Gasteiger partial charge in [-0.2, -0.15) is 0 Å². The van der Waals surface area contributed by atoms with E-state index in [1.54, 1.807) is 12.1 Å². The summed E-state index contributed by atoms with van der Waals surface area (Å²) < 4.78 is 90.9. The summed E-state index contributed by atoms with van der Waals surface area (Å²) in [6, 6.07) is 41.7. The van der Waals surface area contributed by atoms with Crippen molar-refractivity contribution in [3.8, 4) is 33.4 Å². The van der Waals surface area contributed by atoms with E-state index in [0.29, 0.717) is 20.8 Å². The van der Waals surface area contributed by atoms with E-state index in [2.05, 4.69) is 94.4 Å². The van der Waals surface area contributed by atoms with Crippen LogP contribution in [0.2, 0.25) is 0 Å². The van der Waals surface area contributed by atoms with E-state index in [4.69, 9.17) is 0 Å². The molecule has 6 aromatic carbocycles. The van der Waals surface area contributed by atoms with Crippen molar-refractivity contribution in [3.63, 3.8) is 0 Å². The molecule has 6 aromatic rings. The van der Waals surface area contributed by atoms with E-state index in [0.717, 1.165) is 96.9 Å². The minimum Gasteiger partial charge on any atom is -1.00 e. The molecule has 9 heteroatoms. The van der Waals surface area contributed by atoms with E-state index in [9.17, 15) is 26.3 Å². The van der Waals surface area contributed by atoms with Crippen molar-refractivity contribution in [1.82, 2.24) is 0 Å². The number of hydrogen-bond donors (Lipinski definition) is 0. The maximum absolute atomic E-state index is 14.7. The number of halogens is 8. The number of unbranched alkanes of at least 4 members (excludes halogenated alkanes) is 1. The first kappa shape index (κ1) is 47.2. The van der Waals surface area contributed by atoms with Crippen LogP contribution in [0.25, 0.3) is 33.4 Å². The van der Waals surface area contributed by atoms with Crippen LogP contribution in [0.4, 0.5) is 26.3 Å². The molecule has 0 bridgehead atoms. The van der Waals surface area contributed by atoms with Gasteiger partial charge in [0.1, 0.15) is 0 Å². The van der Waals surface area contributed by atoms with Gasteiger partial charge in [-0.1, -0.05) is 0 Å². The van der Waals surface area contributed by atoms with Crippen molar-refractivity contribution in [2.75, 3.05) is 0 Å². The van der Waals surface area contributed by atoms with Gasteiger partial charge in [-0.3, -0.25) is 0 Å². The second-order valence-corrected chi connectivity index (χ2v) is 22.6. The minimum absolute atomic E-state index is 0. The first-order valence-corrected chi connectivity index (χ1v) is 24.2. The summed E-state index contributed by atoms with van der Waals surface area (Å²) in [5.74, 6) is -0.0203. The molecule has 0 radical (unpaired) electrons. The molecule has 8 rings (SSSR count). The fraction of sp³-hybridized carbons (Fsp3) is 0.226. The van der Waals surface area contributed by atoms with Gasteiger partial charge < -0.3 is 24.8 Å². The zero-order chi connectivity index (χ0) is 42.4. The number of alkyl halides is 6. The third-order valence-corrected chi connectivity index (χ3v) is 19.8. The van der Waals surface area contributed by atoms with Gasteiger partial charge in [-0.15, -0.1) is 0 Å². The molecule has 0 fully saturated rings. The molecule has 0 aromatic heterocycles. The molecular weight excluding hydrogens is 913 g/mol. The Hall–Kier alpha value is -4.29. The summed E-state index contributed by atoms with van der Waals surface area (Å²) in [5, 5.41) is 0. The molecule has 2 aliphatic rings. The Bertz CT molecular complexity index is 2610. The fourth-order valence-corrected chi connectivity index (χ4v) is 17.8. The molecular formula is C53H46Cl2F6Zr. The van der Waals surface area contributed by atoms with E-state index in [-0.39, 0.29) is 36.1 Å². The molecule has 0 spiro atoms. The number of hydrogen-bond acceptors (Lipinski definition) is 0. The van der Waals surface area contributed by atoms with Crippen molar-refractivity contribution in [2.24, 2.45) is 11.3 Å². The normalized spacial score (nSPS) is 14.4. The molecule has 0 amide bonds. The Morgan fingerprint density at radius 1 is 0.597 bits per heavy atom. The van der Waals surface area contributed by atoms with Crippen LogP contribution in [0.3, 0.4) is 0 Å². The van der Waals surface area contributed by atoms with Crippen LogP contribution in [0, 0.1) is 11.3 Å². The summed E-state index contributed by atoms with van der Waals surface area (Å²) in [6.07, 6.45) is -1.37. The Morgan fingerprint density at radius 3 is 1.69 bits per heavy atom. The Kier molecular flexibility index (Phi) is 14.3. The van der Waals surface area contributed by atoms with Crippen molar-refractivity contribution in [2.45, 2.75) is 65.7 Å². The largest absolute Gasteiger partial charge is 1.00 e. The van der Waals surface area contributed by atoms with Crippen LogP contribution < -0.4 is 28.1 Å². The zero-order valence-corrected chi connectivity index (χ0v) is 38.8. The number of rotatable bonds is 9. The van der Waals surface area contributed by atoms with Gasteiger partial charge in [0.2, 0.25) is 0 Å². The van der Waals surface area contributed by atoms with Crippen molar-refractivity contribution in [1.29, 1.82) is 0 Å². The monoisotopic (exact) mass is 956 g/mol. The third-order valence-electron chi connectivity index (χ3n) is 11.8. The maximum atomic E-state index is 14.7. The van der Waals surface area contributed by atoms with Crippen molar-refractivity contribution >= 4 is 6.48 Å². The molecule has 318 valence electrons. The van der Waals surface area contributed by atoms with Gasteiger partial charge in [-0.25, -0.2) is 0 Å². The van der Waals surface area contributed by atoms with E-state index in [1.807, 2.05) is 36.4 Å². The maximum Gasteiger partial charge on any atom is -1.00 e. The standard InChI is InChI=1S/C25H17.C15H8F6.C13H21.2ClH.Zr/c1-3-7-18(8-4-1)20-11-13-24-22(15-20)17-23-16-21(12-14-25(23)24)19-9-5-2-6-10-19;16-14(17,18)12-5-1-3-10(8-12)7-11-4-2-6-13(9-11)15(19,20)21;1-5-6-7-11-8-9-12(10-11)13(2,3)4;;;/h1-15H,17H2;1-6,8-9H;9-11H,5-7H2,1-4H3;2*1H;/q;;;;;+2/p-2. The predicted octanol–water partition coefficient (Wildman–Crippen LogP) is 8.83. The molecule has 0 N–H and O–H groups in total. The summed E-state index contributed by atoms with van der Waals surface area (Å²) >= 11 is -4.00. The molecule has 0 saturated heterocycles. The Balaban J connectivity index is 0.00000321. The van der Waals surface area contributed by atoms with Crippen LogP contribution in [0.1, 0.15) is 80.3 Å². The molecule has 2 aliphatic carbocycles. The average molecular weight is 959 g/mol. The zero-order valence-electron chi connectivity index (χ0n) is 34.9. The summed E-state index contributed by atoms with van der Waals surface area (Å²) in [6.45, 7) is 8.64. The molecule has 0 saturated carbocycles. The van der Waals surface area contributed by atoms with Crippen LogP contribution in [-0.2, 0) is 40.0 Å². The number of benzene rings is 6. The summed E-state index contributed by atoms with van der Waals surface area (Å²) in [7, 11) is 0. The molecule has 0 aliphatic heterocycles. The van der Waals surface area contributed by atoms with E-state index < -0.39 is 44.7 Å². The number of allylic oxidation sites excluding steroid dienone is 4. The van der Waals surface area contributed by atoms with Crippen LogP contribution in [-0.4, -0.2) is 3.21 Å². The van der Waals surface area contributed by atoms with Gasteiger partial charge in [0.15, 0.2) is 0 Å². The molecule has 1 unspecified atom stereocenters. The smallest absolute Gasteiger partial charge is 1.00 e. The predicted molar refractivity (Wildman–Crippen MR) is 230 cm³/mol. The molecule has 0 nitrogen and oxygen atoms in total. The van der Waals surface area contributed by atoms with Gasteiger partial charge in [0, 0.05) is 0 Å². The minimum atomic E-state index is -4.66. The summed E-state index contributed by atoms with van der Waals surface area (Å²) in [4.78, 5) is 0. The van der Waals surface area contributed by atoms with Crippen molar-refractivity contribution in [3.05, 3.63) is 194 Å². The van der Waals surface area contributed by atoms with Gasteiger partial charge >= 0.3 is 358 Å². The number of fused-ring (bicyclic) bond motifs is 3.